The van der Waals surface area contributed by atoms with Gasteiger partial charge >= 0.3 is 5.97 Å². The minimum Gasteiger partial charge on any atom is -0.480 e. The smallest absolute Gasteiger partial charge is 0.323 e. The number of carboxylic acids is 1. The molecule has 140 valence electrons. The number of halogens is 1. The van der Waals surface area contributed by atoms with Crippen molar-refractivity contribution in [3.63, 3.8) is 0 Å². The number of rotatable bonds is 5. The van der Waals surface area contributed by atoms with E-state index in [9.17, 15) is 9.18 Å². The fourth-order valence-corrected chi connectivity index (χ4v) is 3.70. The standard InChI is InChI=1S/C18H17FN2O2S.C3H4/c1-11(19)7-15-12(2)24-17(20-15)8-13-9-21(10-18(22)23)16-6-4-3-5-14(13)16;1-3-2/h3-7,9H,8,10H2,1-2H3,(H,22,23);1H,2H3/b11-7+;. The molecule has 0 amide bonds. The molecule has 3 aromatic rings. The second-order valence-electron chi connectivity index (χ2n) is 5.94. The molecule has 0 saturated heterocycles. The van der Waals surface area contributed by atoms with Crippen LogP contribution in [0, 0.1) is 19.3 Å². The van der Waals surface area contributed by atoms with Crippen molar-refractivity contribution in [2.24, 2.45) is 0 Å². The Balaban J connectivity index is 0.000000817. The molecule has 4 nitrogen and oxygen atoms in total. The first-order chi connectivity index (χ1) is 12.8. The molecule has 0 unspecified atom stereocenters. The maximum absolute atomic E-state index is 13.1. The molecule has 1 N–H and O–H groups in total. The average Bonchev–Trinajstić information content (AvgIpc) is 3.09. The topological polar surface area (TPSA) is 55.1 Å². The van der Waals surface area contributed by atoms with Gasteiger partial charge in [0.15, 0.2) is 0 Å². The predicted octanol–water partition coefficient (Wildman–Crippen LogP) is 5.05. The summed E-state index contributed by atoms with van der Waals surface area (Å²) in [5, 5.41) is 11.0. The zero-order chi connectivity index (χ0) is 20.0. The van der Waals surface area contributed by atoms with E-state index in [0.29, 0.717) is 12.1 Å². The zero-order valence-corrected chi connectivity index (χ0v) is 16.3. The van der Waals surface area contributed by atoms with Crippen LogP contribution in [0.5, 0.6) is 0 Å². The lowest BCUT2D eigenvalue weighted by Crippen LogP contribution is -2.07. The minimum absolute atomic E-state index is 0.0769. The molecule has 2 heterocycles. The van der Waals surface area contributed by atoms with Crippen LogP contribution in [0.2, 0.25) is 0 Å². The first-order valence-electron chi connectivity index (χ1n) is 8.31. The Bertz CT molecular complexity index is 1020. The molecule has 0 aliphatic heterocycles. The van der Waals surface area contributed by atoms with Crippen molar-refractivity contribution in [1.82, 2.24) is 9.55 Å². The van der Waals surface area contributed by atoms with Crippen LogP contribution in [-0.4, -0.2) is 20.6 Å². The van der Waals surface area contributed by atoms with Gasteiger partial charge in [0, 0.05) is 28.4 Å². The molecular weight excluding hydrogens is 363 g/mol. The lowest BCUT2D eigenvalue weighted by Gasteiger charge is -1.99. The van der Waals surface area contributed by atoms with E-state index in [0.717, 1.165) is 26.4 Å². The van der Waals surface area contributed by atoms with E-state index in [1.807, 2.05) is 37.4 Å². The number of hydrogen-bond donors (Lipinski definition) is 1. The molecule has 3 rings (SSSR count). The summed E-state index contributed by atoms with van der Waals surface area (Å²) < 4.78 is 14.8. The van der Waals surface area contributed by atoms with E-state index in [2.05, 4.69) is 17.3 Å². The van der Waals surface area contributed by atoms with Crippen molar-refractivity contribution >= 4 is 34.3 Å². The number of fused-ring (bicyclic) bond motifs is 1. The third-order valence-electron chi connectivity index (χ3n) is 3.73. The predicted molar refractivity (Wildman–Crippen MR) is 108 cm³/mol. The van der Waals surface area contributed by atoms with E-state index >= 15 is 0 Å². The number of carboxylic acid groups (broad SMARTS) is 1. The molecule has 0 aliphatic carbocycles. The van der Waals surface area contributed by atoms with Gasteiger partial charge in [0.2, 0.25) is 0 Å². The molecule has 0 saturated carbocycles. The third-order valence-corrected chi connectivity index (χ3v) is 4.72. The van der Waals surface area contributed by atoms with Gasteiger partial charge in [-0.05, 0) is 38.5 Å². The maximum atomic E-state index is 13.1. The summed E-state index contributed by atoms with van der Waals surface area (Å²) in [4.78, 5) is 16.5. The van der Waals surface area contributed by atoms with Crippen molar-refractivity contribution in [2.45, 2.75) is 33.7 Å². The third kappa shape index (κ3) is 5.28. The zero-order valence-electron chi connectivity index (χ0n) is 15.5. The molecule has 6 heteroatoms. The van der Waals surface area contributed by atoms with Crippen LogP contribution >= 0.6 is 11.3 Å². The number of allylic oxidation sites excluding steroid dienone is 1. The number of thiazole rings is 1. The Hall–Kier alpha value is -2.91. The van der Waals surface area contributed by atoms with E-state index in [4.69, 9.17) is 5.11 Å². The van der Waals surface area contributed by atoms with Crippen LogP contribution in [-0.2, 0) is 17.8 Å². The highest BCUT2D eigenvalue weighted by Crippen LogP contribution is 2.27. The quantitative estimate of drug-likeness (QED) is 0.626. The number of para-hydroxylation sites is 1. The number of carbonyl (C=O) groups is 1. The summed E-state index contributed by atoms with van der Waals surface area (Å²) in [5.41, 5.74) is 2.57. The highest BCUT2D eigenvalue weighted by atomic mass is 32.1. The maximum Gasteiger partial charge on any atom is 0.323 e. The molecule has 0 aliphatic rings. The van der Waals surface area contributed by atoms with E-state index in [-0.39, 0.29) is 12.4 Å². The lowest BCUT2D eigenvalue weighted by molar-refractivity contribution is -0.137. The summed E-state index contributed by atoms with van der Waals surface area (Å²) in [6.07, 6.45) is 8.49. The fourth-order valence-electron chi connectivity index (χ4n) is 2.77. The van der Waals surface area contributed by atoms with Crippen molar-refractivity contribution in [3.8, 4) is 12.3 Å². The van der Waals surface area contributed by atoms with Crippen molar-refractivity contribution < 1.29 is 14.3 Å². The van der Waals surface area contributed by atoms with Crippen molar-refractivity contribution in [2.75, 3.05) is 0 Å². The number of benzene rings is 1. The summed E-state index contributed by atoms with van der Waals surface area (Å²) in [5.74, 6) is 1.10. The lowest BCUT2D eigenvalue weighted by atomic mass is 10.1. The SMILES string of the molecule is C#CC.C/C(F)=C\c1nc(Cc2cn(CC(=O)O)c3ccccc23)sc1C. The summed E-state index contributed by atoms with van der Waals surface area (Å²) in [7, 11) is 0. The van der Waals surface area contributed by atoms with Gasteiger partial charge in [0.05, 0.1) is 16.5 Å². The Kier molecular flexibility index (Phi) is 6.91. The molecule has 0 fully saturated rings. The summed E-state index contributed by atoms with van der Waals surface area (Å²) >= 11 is 1.53. The van der Waals surface area contributed by atoms with Gasteiger partial charge in [0.25, 0.3) is 0 Å². The minimum atomic E-state index is -0.877. The number of hydrogen-bond acceptors (Lipinski definition) is 3. The van der Waals surface area contributed by atoms with Crippen LogP contribution in [0.4, 0.5) is 4.39 Å². The van der Waals surface area contributed by atoms with Crippen LogP contribution in [0.25, 0.3) is 17.0 Å². The molecule has 0 atom stereocenters. The Morgan fingerprint density at radius 1 is 1.44 bits per heavy atom. The molecular formula is C21H21FN2O2S. The van der Waals surface area contributed by atoms with Gasteiger partial charge in [-0.15, -0.1) is 23.7 Å². The van der Waals surface area contributed by atoms with Crippen molar-refractivity contribution in [3.05, 3.63) is 57.4 Å². The Morgan fingerprint density at radius 3 is 2.74 bits per heavy atom. The van der Waals surface area contributed by atoms with Crippen molar-refractivity contribution in [1.29, 1.82) is 0 Å². The van der Waals surface area contributed by atoms with Crippen LogP contribution in [0.15, 0.2) is 36.3 Å². The molecule has 2 aromatic heterocycles. The number of terminal acetylenes is 1. The number of nitrogens with zero attached hydrogens (tertiary/aromatic N) is 2. The van der Waals surface area contributed by atoms with Crippen LogP contribution in [0.1, 0.15) is 35.0 Å². The highest BCUT2D eigenvalue weighted by Gasteiger charge is 2.13. The van der Waals surface area contributed by atoms with Crippen LogP contribution in [0.3, 0.4) is 0 Å². The van der Waals surface area contributed by atoms with Gasteiger partial charge in [-0.2, -0.15) is 0 Å². The van der Waals surface area contributed by atoms with E-state index in [1.54, 1.807) is 11.5 Å². The largest absolute Gasteiger partial charge is 0.480 e. The van der Waals surface area contributed by atoms with Gasteiger partial charge < -0.3 is 9.67 Å². The fraction of sp³-hybridized carbons (Fsp3) is 0.238. The average molecular weight is 384 g/mol. The molecule has 1 aromatic carbocycles. The van der Waals surface area contributed by atoms with E-state index in [1.165, 1.54) is 24.3 Å². The molecule has 0 spiro atoms. The van der Waals surface area contributed by atoms with Gasteiger partial charge in [0.1, 0.15) is 6.54 Å². The number of aromatic nitrogens is 2. The van der Waals surface area contributed by atoms with Gasteiger partial charge in [-0.3, -0.25) is 4.79 Å². The molecule has 0 radical (unpaired) electrons. The number of aryl methyl sites for hydroxylation is 1. The van der Waals surface area contributed by atoms with Crippen LogP contribution < -0.4 is 0 Å². The molecule has 0 bridgehead atoms. The van der Waals surface area contributed by atoms with Gasteiger partial charge in [-0.1, -0.05) is 18.2 Å². The first kappa shape index (κ1) is 20.4. The first-order valence-corrected chi connectivity index (χ1v) is 9.13. The van der Waals surface area contributed by atoms with Gasteiger partial charge in [-0.25, -0.2) is 9.37 Å². The summed E-state index contributed by atoms with van der Waals surface area (Å²) in [6.45, 7) is 4.90. The Morgan fingerprint density at radius 2 is 2.11 bits per heavy atom. The summed E-state index contributed by atoms with van der Waals surface area (Å²) in [6, 6.07) is 7.72. The number of aliphatic carboxylic acids is 1. The van der Waals surface area contributed by atoms with E-state index < -0.39 is 5.97 Å². The molecule has 27 heavy (non-hydrogen) atoms. The Labute approximate surface area is 162 Å². The monoisotopic (exact) mass is 384 g/mol. The normalized spacial score (nSPS) is 11.0. The second-order valence-corrected chi connectivity index (χ2v) is 7.23. The second kappa shape index (κ2) is 9.15. The highest BCUT2D eigenvalue weighted by molar-refractivity contribution is 7.11.